The first kappa shape index (κ1) is 16.4. The molecule has 1 aromatic carbocycles. The summed E-state index contributed by atoms with van der Waals surface area (Å²) >= 11 is 5.36. The van der Waals surface area contributed by atoms with Gasteiger partial charge in [-0.3, -0.25) is 0 Å². The fourth-order valence-corrected chi connectivity index (χ4v) is 4.06. The van der Waals surface area contributed by atoms with Crippen LogP contribution in [0, 0.1) is 6.92 Å². The van der Waals surface area contributed by atoms with Crippen LogP contribution in [0.25, 0.3) is 0 Å². The van der Waals surface area contributed by atoms with Crippen LogP contribution in [0.5, 0.6) is 0 Å². The Bertz CT molecular complexity index is 696. The zero-order valence-corrected chi connectivity index (χ0v) is 14.2. The number of aromatic nitrogens is 2. The topological polar surface area (TPSA) is 69.2 Å². The van der Waals surface area contributed by atoms with E-state index in [1.54, 1.807) is 0 Å². The van der Waals surface area contributed by atoms with E-state index >= 15 is 0 Å². The van der Waals surface area contributed by atoms with E-state index in [1.165, 1.54) is 7.11 Å². The second kappa shape index (κ2) is 6.87. The summed E-state index contributed by atoms with van der Waals surface area (Å²) < 4.78 is 33.0. The van der Waals surface area contributed by atoms with Crippen molar-refractivity contribution < 1.29 is 13.2 Å². The van der Waals surface area contributed by atoms with Gasteiger partial charge in [0.1, 0.15) is 0 Å². The standard InChI is InChI=1S/C13H16N2O3S3/c1-9-3-5-10(6-4-9)11(19)12-14-13(20-15-12)21(16,17)8-7-18-2/h3-6,11,19H,7-8H2,1-2H3. The molecule has 0 aliphatic rings. The van der Waals surface area contributed by atoms with Crippen LogP contribution in [0.3, 0.4) is 0 Å². The number of ether oxygens (including phenoxy) is 1. The molecule has 0 aliphatic carbocycles. The van der Waals surface area contributed by atoms with Crippen molar-refractivity contribution in [1.82, 2.24) is 9.36 Å². The van der Waals surface area contributed by atoms with Gasteiger partial charge < -0.3 is 4.74 Å². The van der Waals surface area contributed by atoms with Crippen LogP contribution in [-0.2, 0) is 14.6 Å². The molecule has 0 saturated carbocycles. The summed E-state index contributed by atoms with van der Waals surface area (Å²) in [6.07, 6.45) is 0. The molecular weight excluding hydrogens is 328 g/mol. The number of aryl methyl sites for hydroxylation is 1. The van der Waals surface area contributed by atoms with Crippen molar-refractivity contribution in [2.24, 2.45) is 0 Å². The van der Waals surface area contributed by atoms with Crippen molar-refractivity contribution in [3.8, 4) is 0 Å². The molecule has 0 bridgehead atoms. The Hall–Kier alpha value is -0.960. The quantitative estimate of drug-likeness (QED) is 0.814. The highest BCUT2D eigenvalue weighted by atomic mass is 32.2. The minimum Gasteiger partial charge on any atom is -0.384 e. The van der Waals surface area contributed by atoms with Crippen LogP contribution in [0.15, 0.2) is 28.6 Å². The van der Waals surface area contributed by atoms with Gasteiger partial charge in [0.2, 0.25) is 14.2 Å². The highest BCUT2D eigenvalue weighted by molar-refractivity contribution is 7.93. The first-order chi connectivity index (χ1) is 9.94. The maximum absolute atomic E-state index is 12.0. The third kappa shape index (κ3) is 4.03. The molecule has 2 rings (SSSR count). The predicted octanol–water partition coefficient (Wildman–Crippen LogP) is 2.29. The van der Waals surface area contributed by atoms with Crippen molar-refractivity contribution in [1.29, 1.82) is 0 Å². The summed E-state index contributed by atoms with van der Waals surface area (Å²) in [7, 11) is -1.98. The molecule has 2 aromatic rings. The Morgan fingerprint density at radius 2 is 2.00 bits per heavy atom. The first-order valence-electron chi connectivity index (χ1n) is 6.24. The minimum atomic E-state index is -3.44. The number of nitrogens with zero attached hydrogens (tertiary/aromatic N) is 2. The lowest BCUT2D eigenvalue weighted by molar-refractivity contribution is 0.217. The van der Waals surface area contributed by atoms with Gasteiger partial charge in [0.15, 0.2) is 5.82 Å². The lowest BCUT2D eigenvalue weighted by Gasteiger charge is -2.07. The maximum atomic E-state index is 12.0. The van der Waals surface area contributed by atoms with E-state index in [9.17, 15) is 8.42 Å². The summed E-state index contributed by atoms with van der Waals surface area (Å²) in [6, 6.07) is 7.82. The number of hydrogen-bond donors (Lipinski definition) is 1. The molecule has 21 heavy (non-hydrogen) atoms. The Balaban J connectivity index is 2.21. The summed E-state index contributed by atoms with van der Waals surface area (Å²) in [6.45, 7) is 2.14. The Labute approximate surface area is 133 Å². The summed E-state index contributed by atoms with van der Waals surface area (Å²) in [5.74, 6) is 0.308. The fourth-order valence-electron chi connectivity index (χ4n) is 1.64. The Morgan fingerprint density at radius 1 is 1.33 bits per heavy atom. The maximum Gasteiger partial charge on any atom is 0.228 e. The predicted molar refractivity (Wildman–Crippen MR) is 85.8 cm³/mol. The lowest BCUT2D eigenvalue weighted by Crippen LogP contribution is -2.11. The molecule has 1 aromatic heterocycles. The van der Waals surface area contributed by atoms with E-state index in [-0.39, 0.29) is 21.9 Å². The van der Waals surface area contributed by atoms with Crippen molar-refractivity contribution in [2.45, 2.75) is 16.5 Å². The van der Waals surface area contributed by atoms with Gasteiger partial charge in [-0.05, 0) is 24.0 Å². The van der Waals surface area contributed by atoms with E-state index in [0.29, 0.717) is 5.82 Å². The fraction of sp³-hybridized carbons (Fsp3) is 0.385. The van der Waals surface area contributed by atoms with Crippen LogP contribution in [0.2, 0.25) is 0 Å². The SMILES string of the molecule is COCCS(=O)(=O)c1nc(C(S)c2ccc(C)cc2)ns1. The van der Waals surface area contributed by atoms with Gasteiger partial charge >= 0.3 is 0 Å². The zero-order chi connectivity index (χ0) is 15.5. The van der Waals surface area contributed by atoms with Crippen LogP contribution in [0.1, 0.15) is 22.2 Å². The summed E-state index contributed by atoms with van der Waals surface area (Å²) in [4.78, 5) is 4.12. The molecule has 0 radical (unpaired) electrons. The molecule has 8 heteroatoms. The molecule has 5 nitrogen and oxygen atoms in total. The third-order valence-corrected chi connectivity index (χ3v) is 6.25. The molecule has 114 valence electrons. The highest BCUT2D eigenvalue weighted by Crippen LogP contribution is 2.28. The van der Waals surface area contributed by atoms with Crippen LogP contribution < -0.4 is 0 Å². The van der Waals surface area contributed by atoms with Gasteiger partial charge in [0, 0.05) is 7.11 Å². The van der Waals surface area contributed by atoms with Gasteiger partial charge in [-0.15, -0.1) is 0 Å². The Morgan fingerprint density at radius 3 is 2.62 bits per heavy atom. The summed E-state index contributed by atoms with van der Waals surface area (Å²) in [5, 5.41) is -0.340. The van der Waals surface area contributed by atoms with Gasteiger partial charge in [-0.1, -0.05) is 29.8 Å². The number of benzene rings is 1. The van der Waals surface area contributed by atoms with E-state index in [2.05, 4.69) is 22.0 Å². The molecule has 1 heterocycles. The van der Waals surface area contributed by atoms with Crippen LogP contribution in [-0.4, -0.2) is 37.2 Å². The van der Waals surface area contributed by atoms with Crippen LogP contribution >= 0.6 is 24.2 Å². The van der Waals surface area contributed by atoms with E-state index in [4.69, 9.17) is 4.74 Å². The molecule has 0 N–H and O–H groups in total. The third-order valence-electron chi connectivity index (χ3n) is 2.88. The molecule has 0 spiro atoms. The second-order valence-corrected chi connectivity index (χ2v) is 8.09. The molecular formula is C13H16N2O3S3. The van der Waals surface area contributed by atoms with E-state index < -0.39 is 9.84 Å². The van der Waals surface area contributed by atoms with E-state index in [1.807, 2.05) is 31.2 Å². The average Bonchev–Trinajstić information content (AvgIpc) is 2.96. The zero-order valence-electron chi connectivity index (χ0n) is 11.7. The monoisotopic (exact) mass is 344 g/mol. The number of rotatable bonds is 6. The number of sulfone groups is 1. The van der Waals surface area contributed by atoms with Gasteiger partial charge in [0.25, 0.3) is 0 Å². The lowest BCUT2D eigenvalue weighted by atomic mass is 10.1. The molecule has 0 saturated heterocycles. The molecule has 1 unspecified atom stereocenters. The molecule has 0 fully saturated rings. The van der Waals surface area contributed by atoms with Gasteiger partial charge in [0.05, 0.1) is 17.6 Å². The highest BCUT2D eigenvalue weighted by Gasteiger charge is 2.22. The first-order valence-corrected chi connectivity index (χ1v) is 9.18. The minimum absolute atomic E-state index is 0.0145. The van der Waals surface area contributed by atoms with Crippen molar-refractivity contribution in [2.75, 3.05) is 19.5 Å². The average molecular weight is 344 g/mol. The molecule has 1 atom stereocenters. The van der Waals surface area contributed by atoms with E-state index in [0.717, 1.165) is 22.7 Å². The molecule has 0 aliphatic heterocycles. The largest absolute Gasteiger partial charge is 0.384 e. The smallest absolute Gasteiger partial charge is 0.228 e. The molecule has 0 amide bonds. The van der Waals surface area contributed by atoms with Crippen LogP contribution in [0.4, 0.5) is 0 Å². The van der Waals surface area contributed by atoms with Gasteiger partial charge in [-0.25, -0.2) is 13.4 Å². The number of methoxy groups -OCH3 is 1. The number of hydrogen-bond acceptors (Lipinski definition) is 7. The van der Waals surface area contributed by atoms with Gasteiger partial charge in [-0.2, -0.15) is 17.0 Å². The van der Waals surface area contributed by atoms with Crippen molar-refractivity contribution >= 4 is 34.0 Å². The normalized spacial score (nSPS) is 13.3. The van der Waals surface area contributed by atoms with Crippen molar-refractivity contribution in [3.63, 3.8) is 0 Å². The second-order valence-electron chi connectivity index (χ2n) is 4.54. The summed E-state index contributed by atoms with van der Waals surface area (Å²) in [5.41, 5.74) is 2.08. The van der Waals surface area contributed by atoms with Crippen molar-refractivity contribution in [3.05, 3.63) is 41.2 Å². The number of thiol groups is 1. The Kier molecular flexibility index (Phi) is 5.37.